The van der Waals surface area contributed by atoms with Crippen LogP contribution >= 0.6 is 11.3 Å². The van der Waals surface area contributed by atoms with Crippen molar-refractivity contribution in [2.75, 3.05) is 19.8 Å². The highest BCUT2D eigenvalue weighted by Crippen LogP contribution is 2.28. The molecule has 0 saturated heterocycles. The van der Waals surface area contributed by atoms with Gasteiger partial charge in [-0.1, -0.05) is 12.1 Å². The monoisotopic (exact) mass is 232 g/mol. The lowest BCUT2D eigenvalue weighted by Crippen LogP contribution is -2.10. The normalized spacial score (nSPS) is 10.9. The molecule has 1 heterocycles. The molecule has 0 saturated carbocycles. The van der Waals surface area contributed by atoms with Crippen molar-refractivity contribution in [2.45, 2.75) is 6.54 Å². The molecule has 0 amide bonds. The SMILES string of the molecule is CN(C)Cc1ccc(-c2ccsc2)c(N)c1. The van der Waals surface area contributed by atoms with Crippen molar-refractivity contribution >= 4 is 17.0 Å². The van der Waals surface area contributed by atoms with E-state index in [0.29, 0.717) is 0 Å². The lowest BCUT2D eigenvalue weighted by molar-refractivity contribution is 0.402. The molecule has 0 unspecified atom stereocenters. The average molecular weight is 232 g/mol. The van der Waals surface area contributed by atoms with Gasteiger partial charge in [0.15, 0.2) is 0 Å². The summed E-state index contributed by atoms with van der Waals surface area (Å²) in [7, 11) is 4.12. The standard InChI is InChI=1S/C13H16N2S/c1-15(2)8-10-3-4-12(13(14)7-10)11-5-6-16-9-11/h3-7,9H,8,14H2,1-2H3. The Hall–Kier alpha value is -1.32. The number of hydrogen-bond acceptors (Lipinski definition) is 3. The van der Waals surface area contributed by atoms with E-state index in [9.17, 15) is 0 Å². The van der Waals surface area contributed by atoms with Crippen LogP contribution in [0, 0.1) is 0 Å². The Labute approximate surface area is 100 Å². The molecule has 2 nitrogen and oxygen atoms in total. The molecule has 0 aliphatic heterocycles. The number of nitrogens with zero attached hydrogens (tertiary/aromatic N) is 1. The van der Waals surface area contributed by atoms with Crippen LogP contribution in [0.5, 0.6) is 0 Å². The Morgan fingerprint density at radius 2 is 2.06 bits per heavy atom. The van der Waals surface area contributed by atoms with Gasteiger partial charge in [0.05, 0.1) is 0 Å². The molecule has 0 atom stereocenters. The van der Waals surface area contributed by atoms with Gasteiger partial charge >= 0.3 is 0 Å². The van der Waals surface area contributed by atoms with Gasteiger partial charge in [-0.25, -0.2) is 0 Å². The molecule has 1 aromatic heterocycles. The van der Waals surface area contributed by atoms with Crippen LogP contribution in [0.25, 0.3) is 11.1 Å². The van der Waals surface area contributed by atoms with Gasteiger partial charge in [-0.2, -0.15) is 11.3 Å². The van der Waals surface area contributed by atoms with Crippen molar-refractivity contribution in [3.63, 3.8) is 0 Å². The van der Waals surface area contributed by atoms with Crippen molar-refractivity contribution in [3.05, 3.63) is 40.6 Å². The smallest absolute Gasteiger partial charge is 0.0397 e. The summed E-state index contributed by atoms with van der Waals surface area (Å²) in [5.41, 5.74) is 10.5. The van der Waals surface area contributed by atoms with Crippen molar-refractivity contribution in [3.8, 4) is 11.1 Å². The van der Waals surface area contributed by atoms with Crippen molar-refractivity contribution in [2.24, 2.45) is 0 Å². The molecule has 2 N–H and O–H groups in total. The molecule has 0 spiro atoms. The van der Waals surface area contributed by atoms with Crippen LogP contribution < -0.4 is 5.73 Å². The fourth-order valence-electron chi connectivity index (χ4n) is 1.76. The van der Waals surface area contributed by atoms with Crippen LogP contribution in [0.1, 0.15) is 5.56 Å². The van der Waals surface area contributed by atoms with Gasteiger partial charge in [0.2, 0.25) is 0 Å². The maximum Gasteiger partial charge on any atom is 0.0397 e. The predicted octanol–water partition coefficient (Wildman–Crippen LogP) is 3.06. The summed E-state index contributed by atoms with van der Waals surface area (Å²) >= 11 is 1.69. The molecular formula is C13H16N2S. The third kappa shape index (κ3) is 2.43. The highest BCUT2D eigenvalue weighted by molar-refractivity contribution is 7.08. The minimum Gasteiger partial charge on any atom is -0.398 e. The highest BCUT2D eigenvalue weighted by Gasteiger charge is 2.04. The van der Waals surface area contributed by atoms with E-state index in [1.807, 2.05) is 0 Å². The van der Waals surface area contributed by atoms with Gasteiger partial charge in [0.25, 0.3) is 0 Å². The van der Waals surface area contributed by atoms with Gasteiger partial charge < -0.3 is 10.6 Å². The minimum absolute atomic E-state index is 0.859. The number of nitrogen functional groups attached to an aromatic ring is 1. The molecule has 16 heavy (non-hydrogen) atoms. The second-order valence-corrected chi connectivity index (χ2v) is 4.95. The molecule has 1 aromatic carbocycles. The number of rotatable bonds is 3. The van der Waals surface area contributed by atoms with Crippen molar-refractivity contribution < 1.29 is 0 Å². The van der Waals surface area contributed by atoms with Gasteiger partial charge in [-0.05, 0) is 48.1 Å². The Morgan fingerprint density at radius 3 is 2.62 bits per heavy atom. The van der Waals surface area contributed by atoms with Gasteiger partial charge in [-0.15, -0.1) is 0 Å². The summed E-state index contributed by atoms with van der Waals surface area (Å²) < 4.78 is 0. The largest absolute Gasteiger partial charge is 0.398 e. The Balaban J connectivity index is 2.30. The van der Waals surface area contributed by atoms with E-state index in [1.165, 1.54) is 11.1 Å². The van der Waals surface area contributed by atoms with E-state index < -0.39 is 0 Å². The molecule has 0 bridgehead atoms. The Bertz CT molecular complexity index is 461. The van der Waals surface area contributed by atoms with E-state index in [2.05, 4.69) is 54.0 Å². The molecule has 0 fully saturated rings. The number of hydrogen-bond donors (Lipinski definition) is 1. The summed E-state index contributed by atoms with van der Waals surface area (Å²) in [4.78, 5) is 2.14. The van der Waals surface area contributed by atoms with Gasteiger partial charge in [0, 0.05) is 17.8 Å². The number of nitrogens with two attached hydrogens (primary N) is 1. The van der Waals surface area contributed by atoms with Crippen LogP contribution in [-0.2, 0) is 6.54 Å². The van der Waals surface area contributed by atoms with E-state index in [1.54, 1.807) is 11.3 Å². The predicted molar refractivity (Wildman–Crippen MR) is 71.6 cm³/mol. The van der Waals surface area contributed by atoms with Crippen molar-refractivity contribution in [1.82, 2.24) is 4.90 Å². The first kappa shape index (κ1) is 11.2. The maximum atomic E-state index is 6.07. The third-order valence-electron chi connectivity index (χ3n) is 2.45. The van der Waals surface area contributed by atoms with E-state index in [-0.39, 0.29) is 0 Å². The Morgan fingerprint density at radius 1 is 1.25 bits per heavy atom. The Kier molecular flexibility index (Phi) is 3.27. The molecular weight excluding hydrogens is 216 g/mol. The van der Waals surface area contributed by atoms with E-state index >= 15 is 0 Å². The first-order valence-corrected chi connectivity index (χ1v) is 6.17. The minimum atomic E-state index is 0.859. The second-order valence-electron chi connectivity index (χ2n) is 4.17. The molecule has 0 aliphatic rings. The van der Waals surface area contributed by atoms with Crippen molar-refractivity contribution in [1.29, 1.82) is 0 Å². The summed E-state index contributed by atoms with van der Waals surface area (Å²) in [5, 5.41) is 4.19. The topological polar surface area (TPSA) is 29.3 Å². The van der Waals surface area contributed by atoms with Crippen LogP contribution in [-0.4, -0.2) is 19.0 Å². The lowest BCUT2D eigenvalue weighted by atomic mass is 10.0. The molecule has 0 aliphatic carbocycles. The van der Waals surface area contributed by atoms with Gasteiger partial charge in [-0.3, -0.25) is 0 Å². The summed E-state index contributed by atoms with van der Waals surface area (Å²) in [5.74, 6) is 0. The number of anilines is 1. The zero-order chi connectivity index (χ0) is 11.5. The first-order chi connectivity index (χ1) is 7.66. The summed E-state index contributed by atoms with van der Waals surface area (Å²) in [6, 6.07) is 8.41. The van der Waals surface area contributed by atoms with E-state index in [4.69, 9.17) is 5.73 Å². The lowest BCUT2D eigenvalue weighted by Gasteiger charge is -2.11. The zero-order valence-corrected chi connectivity index (χ0v) is 10.4. The number of thiophene rings is 1. The van der Waals surface area contributed by atoms with Crippen LogP contribution in [0.4, 0.5) is 5.69 Å². The zero-order valence-electron chi connectivity index (χ0n) is 9.60. The molecule has 3 heteroatoms. The molecule has 84 valence electrons. The molecule has 2 rings (SSSR count). The summed E-state index contributed by atoms with van der Waals surface area (Å²) in [6.45, 7) is 0.925. The maximum absolute atomic E-state index is 6.07. The number of benzene rings is 1. The van der Waals surface area contributed by atoms with Crippen LogP contribution in [0.2, 0.25) is 0 Å². The molecule has 0 radical (unpaired) electrons. The third-order valence-corrected chi connectivity index (χ3v) is 3.13. The van der Waals surface area contributed by atoms with Crippen LogP contribution in [0.3, 0.4) is 0 Å². The second kappa shape index (κ2) is 4.68. The van der Waals surface area contributed by atoms with Gasteiger partial charge in [0.1, 0.15) is 0 Å². The quantitative estimate of drug-likeness (QED) is 0.824. The highest BCUT2D eigenvalue weighted by atomic mass is 32.1. The summed E-state index contributed by atoms with van der Waals surface area (Å²) in [6.07, 6.45) is 0. The first-order valence-electron chi connectivity index (χ1n) is 5.22. The fourth-order valence-corrected chi connectivity index (χ4v) is 2.41. The average Bonchev–Trinajstić information content (AvgIpc) is 2.69. The molecule has 2 aromatic rings. The fraction of sp³-hybridized carbons (Fsp3) is 0.231. The van der Waals surface area contributed by atoms with Crippen LogP contribution in [0.15, 0.2) is 35.0 Å². The van der Waals surface area contributed by atoms with E-state index in [0.717, 1.165) is 17.8 Å².